The first-order valence-electron chi connectivity index (χ1n) is 11.4. The molecule has 0 amide bonds. The molecular weight excluding hydrogens is 396 g/mol. The molecule has 0 unspecified atom stereocenters. The van der Waals surface area contributed by atoms with Crippen molar-refractivity contribution < 1.29 is 4.74 Å². The Hall–Kier alpha value is -3.34. The number of nitrogen functional groups attached to an aromatic ring is 1. The van der Waals surface area contributed by atoms with E-state index in [2.05, 4.69) is 51.9 Å². The SMILES string of the molecule is [CH2]CCCC1CC(n2cc(-c3cccc(OCc4ccccc4)c3)c3c(N)ncnc32)C1. The molecule has 1 saturated carbocycles. The summed E-state index contributed by atoms with van der Waals surface area (Å²) in [6.07, 6.45) is 9.64. The molecule has 32 heavy (non-hydrogen) atoms. The van der Waals surface area contributed by atoms with E-state index in [1.165, 1.54) is 25.7 Å². The quantitative estimate of drug-likeness (QED) is 0.364. The lowest BCUT2D eigenvalue weighted by Gasteiger charge is -2.36. The van der Waals surface area contributed by atoms with E-state index in [1.807, 2.05) is 30.3 Å². The van der Waals surface area contributed by atoms with Gasteiger partial charge in [0.15, 0.2) is 0 Å². The van der Waals surface area contributed by atoms with E-state index in [1.54, 1.807) is 6.33 Å². The second-order valence-corrected chi connectivity index (χ2v) is 8.70. The molecule has 1 aliphatic carbocycles. The van der Waals surface area contributed by atoms with Crippen molar-refractivity contribution in [3.8, 4) is 16.9 Å². The number of nitrogens with zero attached hydrogens (tertiary/aromatic N) is 3. The zero-order chi connectivity index (χ0) is 21.9. The molecule has 0 bridgehead atoms. The van der Waals surface area contributed by atoms with E-state index in [9.17, 15) is 0 Å². The fourth-order valence-electron chi connectivity index (χ4n) is 4.70. The molecule has 0 saturated heterocycles. The first kappa shape index (κ1) is 20.6. The standard InChI is InChI=1S/C27H29N4O/c1-2-3-8-20-13-22(14-20)31-16-24(25-26(28)29-18-30-27(25)31)21-11-7-12-23(15-21)32-17-19-9-5-4-6-10-19/h4-7,9-12,15-16,18,20,22H,1-3,8,13-14,17H2,(H2,28,29,30). The molecule has 0 atom stereocenters. The van der Waals surface area contributed by atoms with Gasteiger partial charge in [-0.05, 0) is 42.0 Å². The molecule has 5 nitrogen and oxygen atoms in total. The monoisotopic (exact) mass is 425 g/mol. The molecule has 163 valence electrons. The Balaban J connectivity index is 1.43. The molecule has 1 radical (unpaired) electrons. The molecule has 2 aromatic heterocycles. The summed E-state index contributed by atoms with van der Waals surface area (Å²) in [6, 6.07) is 18.8. The summed E-state index contributed by atoms with van der Waals surface area (Å²) in [7, 11) is 0. The minimum Gasteiger partial charge on any atom is -0.489 e. The highest BCUT2D eigenvalue weighted by Crippen LogP contribution is 2.44. The van der Waals surface area contributed by atoms with Crippen LogP contribution in [0, 0.1) is 12.8 Å². The summed E-state index contributed by atoms with van der Waals surface area (Å²) in [5, 5.41) is 0.925. The molecule has 2 N–H and O–H groups in total. The minimum absolute atomic E-state index is 0.466. The van der Waals surface area contributed by atoms with Gasteiger partial charge >= 0.3 is 0 Å². The van der Waals surface area contributed by atoms with Crippen LogP contribution < -0.4 is 10.5 Å². The molecule has 5 heteroatoms. The van der Waals surface area contributed by atoms with Gasteiger partial charge in [-0.2, -0.15) is 0 Å². The van der Waals surface area contributed by atoms with Gasteiger partial charge in [-0.15, -0.1) is 0 Å². The highest BCUT2D eigenvalue weighted by molar-refractivity contribution is 6.00. The number of fused-ring (bicyclic) bond motifs is 1. The maximum atomic E-state index is 6.33. The van der Waals surface area contributed by atoms with Crippen molar-refractivity contribution in [3.63, 3.8) is 0 Å². The zero-order valence-corrected chi connectivity index (χ0v) is 18.3. The Labute approximate surface area is 189 Å². The Morgan fingerprint density at radius 1 is 1.06 bits per heavy atom. The highest BCUT2D eigenvalue weighted by Gasteiger charge is 2.32. The fraction of sp³-hybridized carbons (Fsp3) is 0.296. The van der Waals surface area contributed by atoms with E-state index in [0.717, 1.165) is 45.8 Å². The van der Waals surface area contributed by atoms with Crippen LogP contribution in [0.25, 0.3) is 22.2 Å². The van der Waals surface area contributed by atoms with E-state index in [4.69, 9.17) is 10.5 Å². The molecule has 2 aromatic carbocycles. The van der Waals surface area contributed by atoms with Crippen LogP contribution in [0.4, 0.5) is 5.82 Å². The van der Waals surface area contributed by atoms with Crippen molar-refractivity contribution in [1.29, 1.82) is 0 Å². The van der Waals surface area contributed by atoms with Gasteiger partial charge < -0.3 is 15.0 Å². The lowest BCUT2D eigenvalue weighted by Crippen LogP contribution is -2.26. The van der Waals surface area contributed by atoms with Crippen molar-refractivity contribution >= 4 is 16.9 Å². The third kappa shape index (κ3) is 4.07. The third-order valence-corrected chi connectivity index (χ3v) is 6.50. The number of unbranched alkanes of at least 4 members (excludes halogenated alkanes) is 1. The first-order chi connectivity index (χ1) is 15.7. The van der Waals surface area contributed by atoms with Crippen molar-refractivity contribution in [3.05, 3.63) is 79.6 Å². The first-order valence-corrected chi connectivity index (χ1v) is 11.4. The molecular formula is C27H29N4O. The van der Waals surface area contributed by atoms with Crippen molar-refractivity contribution in [1.82, 2.24) is 14.5 Å². The summed E-state index contributed by atoms with van der Waals surface area (Å²) >= 11 is 0. The van der Waals surface area contributed by atoms with Crippen LogP contribution >= 0.6 is 0 Å². The van der Waals surface area contributed by atoms with Crippen molar-refractivity contribution in [2.75, 3.05) is 5.73 Å². The predicted molar refractivity (Wildman–Crippen MR) is 129 cm³/mol. The predicted octanol–water partition coefficient (Wildman–Crippen LogP) is 6.21. The average molecular weight is 426 g/mol. The number of aromatic nitrogens is 3. The summed E-state index contributed by atoms with van der Waals surface area (Å²) in [5.74, 6) is 2.14. The van der Waals surface area contributed by atoms with E-state index in [-0.39, 0.29) is 0 Å². The maximum absolute atomic E-state index is 6.33. The summed E-state index contributed by atoms with van der Waals surface area (Å²) in [6.45, 7) is 4.51. The third-order valence-electron chi connectivity index (χ3n) is 6.50. The van der Waals surface area contributed by atoms with E-state index in [0.29, 0.717) is 18.5 Å². The molecule has 0 spiro atoms. The van der Waals surface area contributed by atoms with Gasteiger partial charge in [0.25, 0.3) is 0 Å². The lowest BCUT2D eigenvalue weighted by molar-refractivity contribution is 0.188. The largest absolute Gasteiger partial charge is 0.489 e. The minimum atomic E-state index is 0.466. The lowest BCUT2D eigenvalue weighted by atomic mass is 9.77. The Kier molecular flexibility index (Phi) is 5.80. The van der Waals surface area contributed by atoms with Gasteiger partial charge in [-0.3, -0.25) is 0 Å². The second-order valence-electron chi connectivity index (χ2n) is 8.70. The van der Waals surface area contributed by atoms with Crippen molar-refractivity contribution in [2.24, 2.45) is 5.92 Å². The molecule has 0 aliphatic heterocycles. The van der Waals surface area contributed by atoms with Crippen LogP contribution in [-0.4, -0.2) is 14.5 Å². The van der Waals surface area contributed by atoms with Gasteiger partial charge in [-0.25, -0.2) is 9.97 Å². The summed E-state index contributed by atoms with van der Waals surface area (Å²) in [5.41, 5.74) is 10.5. The van der Waals surface area contributed by atoms with E-state index < -0.39 is 0 Å². The van der Waals surface area contributed by atoms with Crippen LogP contribution in [0.3, 0.4) is 0 Å². The van der Waals surface area contributed by atoms with Gasteiger partial charge in [0.1, 0.15) is 30.1 Å². The number of anilines is 1. The number of hydrogen-bond donors (Lipinski definition) is 1. The molecule has 2 heterocycles. The normalized spacial score (nSPS) is 17.9. The summed E-state index contributed by atoms with van der Waals surface area (Å²) in [4.78, 5) is 8.89. The smallest absolute Gasteiger partial charge is 0.146 e. The fourth-order valence-corrected chi connectivity index (χ4v) is 4.70. The average Bonchev–Trinajstić information content (AvgIpc) is 3.18. The summed E-state index contributed by atoms with van der Waals surface area (Å²) < 4.78 is 8.37. The topological polar surface area (TPSA) is 66.0 Å². The maximum Gasteiger partial charge on any atom is 0.146 e. The number of rotatable bonds is 8. The number of ether oxygens (including phenoxy) is 1. The van der Waals surface area contributed by atoms with Crippen LogP contribution in [0.15, 0.2) is 67.1 Å². The molecule has 5 rings (SSSR count). The van der Waals surface area contributed by atoms with Gasteiger partial charge in [-0.1, -0.05) is 68.7 Å². The van der Waals surface area contributed by atoms with Crippen LogP contribution in [0.5, 0.6) is 5.75 Å². The highest BCUT2D eigenvalue weighted by atomic mass is 16.5. The number of hydrogen-bond acceptors (Lipinski definition) is 4. The Morgan fingerprint density at radius 2 is 1.91 bits per heavy atom. The Morgan fingerprint density at radius 3 is 2.72 bits per heavy atom. The number of benzene rings is 2. The van der Waals surface area contributed by atoms with Crippen LogP contribution in [-0.2, 0) is 6.61 Å². The molecule has 1 aliphatic rings. The van der Waals surface area contributed by atoms with Gasteiger partial charge in [0, 0.05) is 17.8 Å². The van der Waals surface area contributed by atoms with Crippen LogP contribution in [0.1, 0.15) is 43.7 Å². The zero-order valence-electron chi connectivity index (χ0n) is 18.3. The molecule has 1 fully saturated rings. The Bertz CT molecular complexity index is 1190. The second kappa shape index (κ2) is 9.03. The van der Waals surface area contributed by atoms with Gasteiger partial charge in [0.05, 0.1) is 5.39 Å². The number of nitrogens with two attached hydrogens (primary N) is 1. The van der Waals surface area contributed by atoms with Gasteiger partial charge in [0.2, 0.25) is 0 Å². The van der Waals surface area contributed by atoms with Crippen LogP contribution in [0.2, 0.25) is 0 Å². The van der Waals surface area contributed by atoms with Crippen molar-refractivity contribution in [2.45, 2.75) is 44.8 Å². The van der Waals surface area contributed by atoms with E-state index >= 15 is 0 Å². The molecule has 4 aromatic rings.